The second-order valence-electron chi connectivity index (χ2n) is 5.99. The lowest BCUT2D eigenvalue weighted by molar-refractivity contribution is -0.705. The highest BCUT2D eigenvalue weighted by atomic mass is 79.9. The average Bonchev–Trinajstić information content (AvgIpc) is 2.64. The minimum Gasteiger partial charge on any atom is -0.320 e. The molecule has 3 aromatic rings. The number of nitrogens with zero attached hydrogens (tertiary/aromatic N) is 1. The van der Waals surface area contributed by atoms with E-state index in [0.717, 1.165) is 16.6 Å². The number of aromatic nitrogens is 1. The molecule has 0 bridgehead atoms. The zero-order chi connectivity index (χ0) is 17.6. The van der Waals surface area contributed by atoms with E-state index in [1.165, 1.54) is 11.1 Å². The summed E-state index contributed by atoms with van der Waals surface area (Å²) in [7, 11) is 0. The number of amides is 1. The van der Waals surface area contributed by atoms with Crippen LogP contribution in [-0.4, -0.2) is 5.91 Å². The smallest absolute Gasteiger partial charge is 0.293 e. The Morgan fingerprint density at radius 3 is 2.20 bits per heavy atom. The molecule has 4 heteroatoms. The molecule has 1 aromatic heterocycles. The molecule has 0 aliphatic rings. The van der Waals surface area contributed by atoms with Crippen LogP contribution in [0.25, 0.3) is 0 Å². The Balaban J connectivity index is 1.64. The number of hydrogen-bond donors (Lipinski definition) is 1. The summed E-state index contributed by atoms with van der Waals surface area (Å²) >= 11 is 3.39. The molecule has 0 saturated carbocycles. The zero-order valence-corrected chi connectivity index (χ0v) is 15.6. The van der Waals surface area contributed by atoms with Gasteiger partial charge in [-0.2, -0.15) is 4.57 Å². The summed E-state index contributed by atoms with van der Waals surface area (Å²) in [5, 5.41) is 2.94. The van der Waals surface area contributed by atoms with E-state index in [4.69, 9.17) is 0 Å². The van der Waals surface area contributed by atoms with Crippen molar-refractivity contribution < 1.29 is 9.36 Å². The third-order valence-electron chi connectivity index (χ3n) is 4.11. The second-order valence-corrected chi connectivity index (χ2v) is 6.90. The Hall–Kier alpha value is -2.46. The van der Waals surface area contributed by atoms with E-state index in [9.17, 15) is 4.79 Å². The third kappa shape index (κ3) is 4.77. The molecule has 1 N–H and O–H groups in total. The summed E-state index contributed by atoms with van der Waals surface area (Å²) in [4.78, 5) is 12.4. The fourth-order valence-corrected chi connectivity index (χ4v) is 2.86. The minimum atomic E-state index is -0.283. The molecule has 1 heterocycles. The standard InChI is InChI=1S/C21H19BrN2O/c1-16(21(25)23-20-9-7-19(22)8-10-20)24-13-11-18(12-14-24)15-17-5-3-2-4-6-17/h2-14,16H,15H2,1H3/p+1/t16-/m1/s1. The molecule has 2 aromatic carbocycles. The van der Waals surface area contributed by atoms with E-state index >= 15 is 0 Å². The first-order valence-corrected chi connectivity index (χ1v) is 9.01. The van der Waals surface area contributed by atoms with E-state index in [-0.39, 0.29) is 11.9 Å². The van der Waals surface area contributed by atoms with Crippen molar-refractivity contribution in [2.75, 3.05) is 5.32 Å². The molecule has 0 aliphatic carbocycles. The summed E-state index contributed by atoms with van der Waals surface area (Å²) < 4.78 is 2.91. The molecule has 1 atom stereocenters. The summed E-state index contributed by atoms with van der Waals surface area (Å²) in [5.41, 5.74) is 3.30. The van der Waals surface area contributed by atoms with Gasteiger partial charge in [-0.25, -0.2) is 0 Å². The minimum absolute atomic E-state index is 0.0388. The topological polar surface area (TPSA) is 33.0 Å². The van der Waals surface area contributed by atoms with Gasteiger partial charge in [0.05, 0.1) is 0 Å². The number of pyridine rings is 1. The van der Waals surface area contributed by atoms with Crippen molar-refractivity contribution in [1.82, 2.24) is 0 Å². The predicted octanol–water partition coefficient (Wildman–Crippen LogP) is 4.53. The first kappa shape index (κ1) is 17.4. The van der Waals surface area contributed by atoms with Crippen molar-refractivity contribution in [3.05, 3.63) is 94.7 Å². The first-order valence-electron chi connectivity index (χ1n) is 8.22. The molecule has 0 radical (unpaired) electrons. The van der Waals surface area contributed by atoms with Gasteiger partial charge in [0, 0.05) is 29.2 Å². The van der Waals surface area contributed by atoms with Crippen molar-refractivity contribution in [3.63, 3.8) is 0 Å². The van der Waals surface area contributed by atoms with Crippen molar-refractivity contribution in [2.24, 2.45) is 0 Å². The normalized spacial score (nSPS) is 11.8. The molecule has 3 nitrogen and oxygen atoms in total. The molecular formula is C21H20BrN2O+. The van der Waals surface area contributed by atoms with E-state index < -0.39 is 0 Å². The Labute approximate surface area is 156 Å². The number of carbonyl (C=O) groups excluding carboxylic acids is 1. The highest BCUT2D eigenvalue weighted by molar-refractivity contribution is 9.10. The number of anilines is 1. The van der Waals surface area contributed by atoms with Crippen LogP contribution in [0.5, 0.6) is 0 Å². The van der Waals surface area contributed by atoms with Crippen LogP contribution >= 0.6 is 15.9 Å². The molecule has 0 unspecified atom stereocenters. The lowest BCUT2D eigenvalue weighted by atomic mass is 10.1. The maximum Gasteiger partial charge on any atom is 0.293 e. The van der Waals surface area contributed by atoms with Crippen LogP contribution in [0.2, 0.25) is 0 Å². The van der Waals surface area contributed by atoms with Crippen molar-refractivity contribution in [2.45, 2.75) is 19.4 Å². The number of halogens is 1. The lowest BCUT2D eigenvalue weighted by Crippen LogP contribution is -2.44. The second kappa shape index (κ2) is 8.08. The third-order valence-corrected chi connectivity index (χ3v) is 4.64. The van der Waals surface area contributed by atoms with Gasteiger partial charge in [0.1, 0.15) is 0 Å². The maximum atomic E-state index is 12.4. The Bertz CT molecular complexity index is 830. The van der Waals surface area contributed by atoms with Crippen LogP contribution < -0.4 is 9.88 Å². The number of carbonyl (C=O) groups is 1. The van der Waals surface area contributed by atoms with Gasteiger partial charge < -0.3 is 5.32 Å². The SMILES string of the molecule is C[C@H](C(=O)Nc1ccc(Br)cc1)[n+]1ccc(Cc2ccccc2)cc1. The Morgan fingerprint density at radius 2 is 1.56 bits per heavy atom. The van der Waals surface area contributed by atoms with Crippen molar-refractivity contribution >= 4 is 27.5 Å². The van der Waals surface area contributed by atoms with Gasteiger partial charge in [-0.15, -0.1) is 0 Å². The summed E-state index contributed by atoms with van der Waals surface area (Å²) in [6.45, 7) is 1.89. The molecular weight excluding hydrogens is 376 g/mol. The van der Waals surface area contributed by atoms with Gasteiger partial charge >= 0.3 is 0 Å². The van der Waals surface area contributed by atoms with Crippen LogP contribution in [0.3, 0.4) is 0 Å². The maximum absolute atomic E-state index is 12.4. The number of benzene rings is 2. The van der Waals surface area contributed by atoms with Gasteiger partial charge in [0.25, 0.3) is 5.91 Å². The molecule has 1 amide bonds. The summed E-state index contributed by atoms with van der Waals surface area (Å²) in [5.74, 6) is -0.0388. The van der Waals surface area contributed by atoms with Crippen molar-refractivity contribution in [3.8, 4) is 0 Å². The molecule has 0 spiro atoms. The van der Waals surface area contributed by atoms with Gasteiger partial charge in [0.2, 0.25) is 6.04 Å². The van der Waals surface area contributed by atoms with Crippen molar-refractivity contribution in [1.29, 1.82) is 0 Å². The van der Waals surface area contributed by atoms with Gasteiger partial charge in [-0.1, -0.05) is 46.3 Å². The predicted molar refractivity (Wildman–Crippen MR) is 103 cm³/mol. The molecule has 126 valence electrons. The van der Waals surface area contributed by atoms with Gasteiger partial charge in [-0.05, 0) is 41.8 Å². The van der Waals surface area contributed by atoms with Gasteiger partial charge in [-0.3, -0.25) is 4.79 Å². The monoisotopic (exact) mass is 395 g/mol. The van der Waals surface area contributed by atoms with E-state index in [1.54, 1.807) is 0 Å². The molecule has 25 heavy (non-hydrogen) atoms. The molecule has 0 saturated heterocycles. The van der Waals surface area contributed by atoms with Crippen LogP contribution in [-0.2, 0) is 11.2 Å². The number of nitrogens with one attached hydrogen (secondary N) is 1. The quantitative estimate of drug-likeness (QED) is 0.632. The summed E-state index contributed by atoms with van der Waals surface area (Å²) in [6, 6.07) is 21.8. The average molecular weight is 396 g/mol. The highest BCUT2D eigenvalue weighted by Crippen LogP contribution is 2.15. The first-order chi connectivity index (χ1) is 12.1. The fraction of sp³-hybridized carbons (Fsp3) is 0.143. The van der Waals surface area contributed by atoms with E-state index in [0.29, 0.717) is 0 Å². The molecule has 3 rings (SSSR count). The fourth-order valence-electron chi connectivity index (χ4n) is 2.59. The van der Waals surface area contributed by atoms with Crippen LogP contribution in [0.15, 0.2) is 83.6 Å². The molecule has 0 fully saturated rings. The van der Waals surface area contributed by atoms with Crippen LogP contribution in [0.1, 0.15) is 24.1 Å². The highest BCUT2D eigenvalue weighted by Gasteiger charge is 2.21. The van der Waals surface area contributed by atoms with Gasteiger partial charge in [0.15, 0.2) is 12.4 Å². The Morgan fingerprint density at radius 1 is 0.960 bits per heavy atom. The van der Waals surface area contributed by atoms with E-state index in [1.807, 2.05) is 66.3 Å². The Kier molecular flexibility index (Phi) is 5.61. The largest absolute Gasteiger partial charge is 0.320 e. The molecule has 0 aliphatic heterocycles. The number of hydrogen-bond acceptors (Lipinski definition) is 1. The lowest BCUT2D eigenvalue weighted by Gasteiger charge is -2.09. The van der Waals surface area contributed by atoms with Crippen LogP contribution in [0, 0.1) is 0 Å². The van der Waals surface area contributed by atoms with E-state index in [2.05, 4.69) is 45.5 Å². The zero-order valence-electron chi connectivity index (χ0n) is 14.0. The number of rotatable bonds is 5. The summed E-state index contributed by atoms with van der Waals surface area (Å²) in [6.07, 6.45) is 4.81. The van der Waals surface area contributed by atoms with Crippen LogP contribution in [0.4, 0.5) is 5.69 Å².